The van der Waals surface area contributed by atoms with Crippen molar-refractivity contribution in [3.05, 3.63) is 61.7 Å². The summed E-state index contributed by atoms with van der Waals surface area (Å²) in [5, 5.41) is 0.433. The maximum absolute atomic E-state index is 12.7. The Balaban J connectivity index is 1.60. The molecule has 144 valence electrons. The molecule has 0 atom stereocenters. The van der Waals surface area contributed by atoms with Gasteiger partial charge in [-0.1, -0.05) is 23.2 Å². The van der Waals surface area contributed by atoms with Crippen LogP contribution in [0, 0.1) is 0 Å². The number of nitrogens with zero attached hydrogens (tertiary/aromatic N) is 4. The molecule has 1 aliphatic rings. The Bertz CT molecular complexity index is 1080. The highest BCUT2D eigenvalue weighted by atomic mass is 35.5. The molecule has 0 fully saturated rings. The van der Waals surface area contributed by atoms with E-state index in [-0.39, 0.29) is 21.8 Å². The number of hydrogen-bond donors (Lipinski definition) is 3. The summed E-state index contributed by atoms with van der Waals surface area (Å²) in [7, 11) is 0. The number of benzene rings is 1. The molecule has 0 aliphatic carbocycles. The number of H-pyrrole nitrogens is 1. The average molecular weight is 418 g/mol. The van der Waals surface area contributed by atoms with Crippen LogP contribution in [0.4, 0.5) is 11.6 Å². The Morgan fingerprint density at radius 2 is 1.75 bits per heavy atom. The van der Waals surface area contributed by atoms with Crippen molar-refractivity contribution in [2.24, 2.45) is 0 Å². The Morgan fingerprint density at radius 3 is 2.43 bits per heavy atom. The van der Waals surface area contributed by atoms with Gasteiger partial charge in [0, 0.05) is 42.9 Å². The maximum atomic E-state index is 12.7. The van der Waals surface area contributed by atoms with Gasteiger partial charge in [-0.15, -0.1) is 0 Å². The van der Waals surface area contributed by atoms with Gasteiger partial charge in [0.25, 0.3) is 5.56 Å². The molecular formula is C18H17Cl2N7O. The molecule has 2 aromatic heterocycles. The van der Waals surface area contributed by atoms with Crippen LogP contribution in [0.3, 0.4) is 0 Å². The minimum absolute atomic E-state index is 0.0265. The lowest BCUT2D eigenvalue weighted by Gasteiger charge is -2.28. The van der Waals surface area contributed by atoms with Crippen LogP contribution < -0.4 is 17.0 Å². The van der Waals surface area contributed by atoms with Crippen molar-refractivity contribution in [2.45, 2.75) is 19.5 Å². The van der Waals surface area contributed by atoms with Gasteiger partial charge in [-0.05, 0) is 24.3 Å². The number of aromatic amines is 1. The molecule has 0 amide bonds. The van der Waals surface area contributed by atoms with Crippen LogP contribution in [-0.4, -0.2) is 31.4 Å². The van der Waals surface area contributed by atoms with Gasteiger partial charge in [0.1, 0.15) is 16.1 Å². The zero-order valence-electron chi connectivity index (χ0n) is 14.7. The third-order valence-electron chi connectivity index (χ3n) is 4.64. The number of aromatic nitrogens is 4. The Hall–Kier alpha value is -2.68. The van der Waals surface area contributed by atoms with E-state index < -0.39 is 0 Å². The van der Waals surface area contributed by atoms with E-state index in [1.807, 2.05) is 12.1 Å². The zero-order chi connectivity index (χ0) is 19.8. The van der Waals surface area contributed by atoms with Gasteiger partial charge in [0.15, 0.2) is 0 Å². The van der Waals surface area contributed by atoms with Crippen LogP contribution in [0.5, 0.6) is 0 Å². The summed E-state index contributed by atoms with van der Waals surface area (Å²) >= 11 is 12.3. The van der Waals surface area contributed by atoms with Crippen molar-refractivity contribution in [3.8, 4) is 11.4 Å². The lowest BCUT2D eigenvalue weighted by molar-refractivity contribution is 0.241. The second-order valence-electron chi connectivity index (χ2n) is 6.56. The van der Waals surface area contributed by atoms with Crippen LogP contribution in [0.2, 0.25) is 10.3 Å². The molecule has 0 unspecified atom stereocenters. The molecule has 8 nitrogen and oxygen atoms in total. The Labute approximate surface area is 170 Å². The minimum Gasteiger partial charge on any atom is -0.399 e. The molecule has 0 saturated heterocycles. The molecule has 5 N–H and O–H groups in total. The molecule has 0 saturated carbocycles. The molecule has 0 spiro atoms. The summed E-state index contributed by atoms with van der Waals surface area (Å²) in [6.45, 7) is 1.54. The zero-order valence-corrected chi connectivity index (χ0v) is 16.3. The van der Waals surface area contributed by atoms with Gasteiger partial charge >= 0.3 is 0 Å². The molecule has 3 aromatic rings. The SMILES string of the molecule is Nc1ccc(-c2nc3c(c(=O)[nH]2)CN(Cc2c(Cl)nc(N)nc2Cl)CC3)cc1. The normalized spacial score (nSPS) is 14.1. The summed E-state index contributed by atoms with van der Waals surface area (Å²) in [5.41, 5.74) is 14.6. The van der Waals surface area contributed by atoms with Gasteiger partial charge in [0.2, 0.25) is 5.95 Å². The van der Waals surface area contributed by atoms with E-state index in [4.69, 9.17) is 34.7 Å². The number of hydrogen-bond acceptors (Lipinski definition) is 7. The highest BCUT2D eigenvalue weighted by Gasteiger charge is 2.23. The molecule has 4 rings (SSSR count). The molecule has 1 aliphatic heterocycles. The predicted molar refractivity (Wildman–Crippen MR) is 109 cm³/mol. The standard InChI is InChI=1S/C18H17Cl2N7O/c19-14-12(15(20)25-18(22)24-14)8-27-6-5-13-11(7-27)17(28)26-16(23-13)9-1-3-10(21)4-2-9/h1-4H,5-8,21H2,(H2,22,24,25)(H,23,26,28). The quantitative estimate of drug-likeness (QED) is 0.440. The van der Waals surface area contributed by atoms with Crippen molar-refractivity contribution < 1.29 is 0 Å². The molecule has 3 heterocycles. The highest BCUT2D eigenvalue weighted by Crippen LogP contribution is 2.26. The molecule has 1 aromatic carbocycles. The maximum Gasteiger partial charge on any atom is 0.255 e. The topological polar surface area (TPSA) is 127 Å². The lowest BCUT2D eigenvalue weighted by atomic mass is 10.1. The fraction of sp³-hybridized carbons (Fsp3) is 0.222. The number of halogens is 2. The van der Waals surface area contributed by atoms with E-state index in [1.54, 1.807) is 12.1 Å². The van der Waals surface area contributed by atoms with E-state index in [0.717, 1.165) is 11.3 Å². The first kappa shape index (κ1) is 18.7. The molecule has 28 heavy (non-hydrogen) atoms. The van der Waals surface area contributed by atoms with Crippen molar-refractivity contribution in [2.75, 3.05) is 18.0 Å². The first-order chi connectivity index (χ1) is 13.4. The fourth-order valence-electron chi connectivity index (χ4n) is 3.19. The molecular weight excluding hydrogens is 401 g/mol. The summed E-state index contributed by atoms with van der Waals surface area (Å²) in [6, 6.07) is 7.22. The second-order valence-corrected chi connectivity index (χ2v) is 7.28. The number of nitrogen functional groups attached to an aromatic ring is 2. The fourth-order valence-corrected chi connectivity index (χ4v) is 3.71. The first-order valence-corrected chi connectivity index (χ1v) is 9.34. The van der Waals surface area contributed by atoms with E-state index >= 15 is 0 Å². The van der Waals surface area contributed by atoms with Crippen LogP contribution in [0.25, 0.3) is 11.4 Å². The first-order valence-electron chi connectivity index (χ1n) is 8.58. The van der Waals surface area contributed by atoms with Crippen molar-refractivity contribution in [3.63, 3.8) is 0 Å². The summed E-state index contributed by atoms with van der Waals surface area (Å²) in [5.74, 6) is 0.564. The van der Waals surface area contributed by atoms with Crippen LogP contribution in [0.1, 0.15) is 16.8 Å². The molecule has 10 heteroatoms. The lowest BCUT2D eigenvalue weighted by Crippen LogP contribution is -2.35. The highest BCUT2D eigenvalue weighted by molar-refractivity contribution is 6.34. The monoisotopic (exact) mass is 417 g/mol. The number of nitrogens with two attached hydrogens (primary N) is 2. The van der Waals surface area contributed by atoms with Crippen molar-refractivity contribution >= 4 is 34.8 Å². The van der Waals surface area contributed by atoms with E-state index in [0.29, 0.717) is 48.7 Å². The van der Waals surface area contributed by atoms with Crippen LogP contribution >= 0.6 is 23.2 Å². The van der Waals surface area contributed by atoms with Crippen LogP contribution in [-0.2, 0) is 19.5 Å². The number of nitrogens with one attached hydrogen (secondary N) is 1. The average Bonchev–Trinajstić information content (AvgIpc) is 2.65. The van der Waals surface area contributed by atoms with Crippen LogP contribution in [0.15, 0.2) is 29.1 Å². The van der Waals surface area contributed by atoms with E-state index in [2.05, 4.69) is 24.8 Å². The third-order valence-corrected chi connectivity index (χ3v) is 5.26. The van der Waals surface area contributed by atoms with E-state index in [1.165, 1.54) is 0 Å². The van der Waals surface area contributed by atoms with Crippen molar-refractivity contribution in [1.82, 2.24) is 24.8 Å². The van der Waals surface area contributed by atoms with Crippen molar-refractivity contribution in [1.29, 1.82) is 0 Å². The van der Waals surface area contributed by atoms with E-state index in [9.17, 15) is 4.79 Å². The number of anilines is 2. The van der Waals surface area contributed by atoms with Gasteiger partial charge in [0.05, 0.1) is 11.3 Å². The largest absolute Gasteiger partial charge is 0.399 e. The molecule has 0 radical (unpaired) electrons. The third kappa shape index (κ3) is 3.66. The van der Waals surface area contributed by atoms with Gasteiger partial charge in [-0.2, -0.15) is 0 Å². The molecule has 0 bridgehead atoms. The summed E-state index contributed by atoms with van der Waals surface area (Å²) in [4.78, 5) is 30.1. The predicted octanol–water partition coefficient (Wildman–Crippen LogP) is 2.26. The Morgan fingerprint density at radius 1 is 1.07 bits per heavy atom. The summed E-state index contributed by atoms with van der Waals surface area (Å²) < 4.78 is 0. The smallest absolute Gasteiger partial charge is 0.255 e. The van der Waals surface area contributed by atoms with Gasteiger partial charge in [-0.25, -0.2) is 15.0 Å². The number of fused-ring (bicyclic) bond motifs is 1. The van der Waals surface area contributed by atoms with Gasteiger partial charge < -0.3 is 16.5 Å². The van der Waals surface area contributed by atoms with Gasteiger partial charge in [-0.3, -0.25) is 9.69 Å². The second kappa shape index (κ2) is 7.38. The minimum atomic E-state index is -0.160. The Kier molecular flexibility index (Phi) is 4.92. The summed E-state index contributed by atoms with van der Waals surface area (Å²) in [6.07, 6.45) is 0.631. The number of rotatable bonds is 3.